The van der Waals surface area contributed by atoms with Crippen LogP contribution in [-0.4, -0.2) is 49.6 Å². The fraction of sp³-hybridized carbons (Fsp3) is 0.429. The first kappa shape index (κ1) is 18.3. The van der Waals surface area contributed by atoms with Crippen LogP contribution in [0.3, 0.4) is 0 Å². The van der Waals surface area contributed by atoms with E-state index in [1.807, 2.05) is 24.3 Å². The second-order valence-electron chi connectivity index (χ2n) is 5.08. The molecule has 1 aromatic rings. The third-order valence-electron chi connectivity index (χ3n) is 3.34. The van der Waals surface area contributed by atoms with Gasteiger partial charge in [-0.05, 0) is 42.6 Å². The highest BCUT2D eigenvalue weighted by molar-refractivity contribution is 9.10. The molecular weight excluding hydrogens is 398 g/mol. The van der Waals surface area contributed by atoms with Crippen LogP contribution in [0.2, 0.25) is 0 Å². The van der Waals surface area contributed by atoms with Gasteiger partial charge in [0.2, 0.25) is 0 Å². The van der Waals surface area contributed by atoms with Gasteiger partial charge in [0.05, 0.1) is 26.3 Å². The molecule has 0 spiro atoms. The molecule has 6 nitrogen and oxygen atoms in total. The summed E-state index contributed by atoms with van der Waals surface area (Å²) in [6.45, 7) is 5.63. The van der Waals surface area contributed by atoms with E-state index >= 15 is 0 Å². The number of ether oxygens (including phenoxy) is 1. The van der Waals surface area contributed by atoms with E-state index in [1.54, 1.807) is 0 Å². The fourth-order valence-electron chi connectivity index (χ4n) is 2.15. The number of hydrogen-bond acceptors (Lipinski definition) is 3. The van der Waals surface area contributed by atoms with E-state index < -0.39 is 0 Å². The maximum atomic E-state index is 5.33. The number of anilines is 1. The quantitative estimate of drug-likeness (QED) is 0.349. The minimum absolute atomic E-state index is 0.450. The van der Waals surface area contributed by atoms with Gasteiger partial charge in [0.15, 0.2) is 10.2 Å². The average Bonchev–Trinajstić information content (AvgIpc) is 2.54. The Balaban J connectivity index is 1.59. The first-order chi connectivity index (χ1) is 11.1. The zero-order valence-electron chi connectivity index (χ0n) is 12.7. The van der Waals surface area contributed by atoms with Crippen LogP contribution in [0.15, 0.2) is 28.7 Å². The fourth-order valence-corrected chi connectivity index (χ4v) is 2.87. The van der Waals surface area contributed by atoms with Gasteiger partial charge in [0.25, 0.3) is 0 Å². The lowest BCUT2D eigenvalue weighted by molar-refractivity contribution is -0.906. The Morgan fingerprint density at radius 1 is 1.17 bits per heavy atom. The average molecular weight is 419 g/mol. The summed E-state index contributed by atoms with van der Waals surface area (Å²) in [5, 5.41) is 7.20. The van der Waals surface area contributed by atoms with E-state index in [4.69, 9.17) is 29.2 Å². The molecule has 1 fully saturated rings. The Kier molecular flexibility index (Phi) is 7.96. The molecule has 0 aliphatic carbocycles. The first-order valence-electron chi connectivity index (χ1n) is 7.41. The molecule has 0 saturated carbocycles. The molecule has 2 rings (SSSR count). The lowest BCUT2D eigenvalue weighted by atomic mass is 10.3. The predicted octanol–water partition coefficient (Wildman–Crippen LogP) is 0.0297. The summed E-state index contributed by atoms with van der Waals surface area (Å²) >= 11 is 13.8. The summed E-state index contributed by atoms with van der Waals surface area (Å²) in [6.07, 6.45) is 0. The van der Waals surface area contributed by atoms with Crippen LogP contribution in [0.1, 0.15) is 0 Å². The molecular formula is C14H21BrN5OS2+. The third-order valence-corrected chi connectivity index (χ3v) is 4.28. The molecule has 1 aliphatic rings. The van der Waals surface area contributed by atoms with Crippen molar-refractivity contribution in [2.45, 2.75) is 0 Å². The summed E-state index contributed by atoms with van der Waals surface area (Å²) in [4.78, 5) is 1.53. The summed E-state index contributed by atoms with van der Waals surface area (Å²) in [5.74, 6) is 0. The van der Waals surface area contributed by atoms with Crippen LogP contribution in [0.25, 0.3) is 0 Å². The van der Waals surface area contributed by atoms with Crippen molar-refractivity contribution in [1.29, 1.82) is 0 Å². The van der Waals surface area contributed by atoms with Crippen molar-refractivity contribution in [3.8, 4) is 0 Å². The molecule has 0 bridgehead atoms. The minimum Gasteiger partial charge on any atom is -0.370 e. The number of rotatable bonds is 4. The Labute approximate surface area is 155 Å². The van der Waals surface area contributed by atoms with Crippen LogP contribution in [0.5, 0.6) is 0 Å². The SMILES string of the molecule is S=C(NCC[NH+]1CCOCC1)NNC(=S)Nc1cccc(Br)c1. The third kappa shape index (κ3) is 7.40. The van der Waals surface area contributed by atoms with Crippen LogP contribution in [0.4, 0.5) is 5.69 Å². The number of thiocarbonyl (C=S) groups is 2. The molecule has 1 aromatic carbocycles. The number of hydrogen-bond donors (Lipinski definition) is 5. The van der Waals surface area contributed by atoms with Crippen molar-refractivity contribution in [2.75, 3.05) is 44.7 Å². The molecule has 126 valence electrons. The van der Waals surface area contributed by atoms with Crippen molar-refractivity contribution < 1.29 is 9.64 Å². The second-order valence-corrected chi connectivity index (χ2v) is 6.81. The Morgan fingerprint density at radius 2 is 1.91 bits per heavy atom. The van der Waals surface area contributed by atoms with E-state index in [0.29, 0.717) is 10.2 Å². The number of nitrogens with one attached hydrogen (secondary N) is 5. The molecule has 1 heterocycles. The second kappa shape index (κ2) is 9.99. The molecule has 1 aliphatic heterocycles. The molecule has 23 heavy (non-hydrogen) atoms. The molecule has 0 radical (unpaired) electrons. The van der Waals surface area contributed by atoms with E-state index in [2.05, 4.69) is 37.4 Å². The van der Waals surface area contributed by atoms with Crippen LogP contribution < -0.4 is 26.4 Å². The smallest absolute Gasteiger partial charge is 0.189 e. The van der Waals surface area contributed by atoms with Gasteiger partial charge in [0.1, 0.15) is 13.1 Å². The molecule has 0 unspecified atom stereocenters. The summed E-state index contributed by atoms with van der Waals surface area (Å²) in [6, 6.07) is 7.76. The number of morpholine rings is 1. The highest BCUT2D eigenvalue weighted by Gasteiger charge is 2.12. The lowest BCUT2D eigenvalue weighted by Crippen LogP contribution is -3.14. The maximum absolute atomic E-state index is 5.33. The highest BCUT2D eigenvalue weighted by Crippen LogP contribution is 2.15. The van der Waals surface area contributed by atoms with E-state index in [1.165, 1.54) is 4.90 Å². The van der Waals surface area contributed by atoms with Crippen LogP contribution >= 0.6 is 40.4 Å². The molecule has 1 saturated heterocycles. The number of halogens is 1. The molecule has 9 heteroatoms. The monoisotopic (exact) mass is 418 g/mol. The summed E-state index contributed by atoms with van der Waals surface area (Å²) in [7, 11) is 0. The number of benzene rings is 1. The number of quaternary nitrogens is 1. The standard InChI is InChI=1S/C14H20BrN5OS2/c15-11-2-1-3-12(10-11)17-14(23)19-18-13(22)16-4-5-20-6-8-21-9-7-20/h1-3,10H,4-9H2,(H2,16,18,22)(H2,17,19,23)/p+1. The van der Waals surface area contributed by atoms with Gasteiger partial charge in [-0.1, -0.05) is 22.0 Å². The van der Waals surface area contributed by atoms with Crippen molar-refractivity contribution in [3.63, 3.8) is 0 Å². The lowest BCUT2D eigenvalue weighted by Gasteiger charge is -2.24. The Morgan fingerprint density at radius 3 is 2.65 bits per heavy atom. The molecule has 0 aromatic heterocycles. The van der Waals surface area contributed by atoms with Crippen molar-refractivity contribution in [2.24, 2.45) is 0 Å². The highest BCUT2D eigenvalue weighted by atomic mass is 79.9. The Bertz CT molecular complexity index is 540. The van der Waals surface area contributed by atoms with Crippen LogP contribution in [0, 0.1) is 0 Å². The minimum atomic E-state index is 0.450. The molecule has 5 N–H and O–H groups in total. The van der Waals surface area contributed by atoms with Gasteiger partial charge < -0.3 is 20.3 Å². The van der Waals surface area contributed by atoms with Crippen LogP contribution in [-0.2, 0) is 4.74 Å². The van der Waals surface area contributed by atoms with Gasteiger partial charge in [-0.2, -0.15) is 0 Å². The maximum Gasteiger partial charge on any atom is 0.189 e. The normalized spacial score (nSPS) is 14.8. The van der Waals surface area contributed by atoms with Crippen molar-refractivity contribution in [1.82, 2.24) is 16.2 Å². The number of hydrazine groups is 1. The van der Waals surface area contributed by atoms with Gasteiger partial charge in [-0.15, -0.1) is 0 Å². The van der Waals surface area contributed by atoms with Crippen molar-refractivity contribution in [3.05, 3.63) is 28.7 Å². The van der Waals surface area contributed by atoms with E-state index in [0.717, 1.165) is 49.6 Å². The molecule has 0 amide bonds. The van der Waals surface area contributed by atoms with Gasteiger partial charge in [-0.25, -0.2) is 0 Å². The van der Waals surface area contributed by atoms with Gasteiger partial charge >= 0.3 is 0 Å². The predicted molar refractivity (Wildman–Crippen MR) is 104 cm³/mol. The zero-order chi connectivity index (χ0) is 16.5. The van der Waals surface area contributed by atoms with E-state index in [9.17, 15) is 0 Å². The van der Waals surface area contributed by atoms with Gasteiger partial charge in [0, 0.05) is 10.2 Å². The summed E-state index contributed by atoms with van der Waals surface area (Å²) in [5.41, 5.74) is 6.64. The first-order valence-corrected chi connectivity index (χ1v) is 9.02. The zero-order valence-corrected chi connectivity index (χ0v) is 15.9. The van der Waals surface area contributed by atoms with Gasteiger partial charge in [-0.3, -0.25) is 10.9 Å². The van der Waals surface area contributed by atoms with E-state index in [-0.39, 0.29) is 0 Å². The topological polar surface area (TPSA) is 61.8 Å². The Hall–Kier alpha value is -1.00. The molecule has 0 atom stereocenters. The van der Waals surface area contributed by atoms with Crippen molar-refractivity contribution >= 4 is 56.3 Å². The summed E-state index contributed by atoms with van der Waals surface area (Å²) < 4.78 is 6.32. The largest absolute Gasteiger partial charge is 0.370 e.